The van der Waals surface area contributed by atoms with Crippen LogP contribution in [0.4, 0.5) is 4.39 Å². The predicted octanol–water partition coefficient (Wildman–Crippen LogP) is 8.25. The van der Waals surface area contributed by atoms with Gasteiger partial charge in [-0.05, 0) is 85.9 Å². The van der Waals surface area contributed by atoms with Gasteiger partial charge in [-0.15, -0.1) is 17.1 Å². The highest BCUT2D eigenvalue weighted by atomic mass is 32.1. The molecule has 1 aromatic carbocycles. The molecule has 0 saturated carbocycles. The molecule has 0 unspecified atom stereocenters. The second-order valence-electron chi connectivity index (χ2n) is 9.09. The fourth-order valence-corrected chi connectivity index (χ4v) is 5.49. The van der Waals surface area contributed by atoms with E-state index in [0.29, 0.717) is 17.4 Å². The van der Waals surface area contributed by atoms with Crippen molar-refractivity contribution in [1.29, 1.82) is 0 Å². The van der Waals surface area contributed by atoms with Crippen LogP contribution in [0.15, 0.2) is 47.5 Å². The highest BCUT2D eigenvalue weighted by molar-refractivity contribution is 7.10. The van der Waals surface area contributed by atoms with Gasteiger partial charge in [-0.25, -0.2) is 4.39 Å². The van der Waals surface area contributed by atoms with Crippen molar-refractivity contribution in [2.75, 3.05) is 13.2 Å². The minimum absolute atomic E-state index is 0.154. The first-order valence-corrected chi connectivity index (χ1v) is 12.3. The number of allylic oxidation sites excluding steroid dienone is 3. The average Bonchev–Trinajstić information content (AvgIpc) is 3.20. The molecular weight excluding hydrogens is 403 g/mol. The van der Waals surface area contributed by atoms with Crippen LogP contribution in [0.5, 0.6) is 0 Å². The maximum Gasteiger partial charge on any atom is 0.134 e. The lowest BCUT2D eigenvalue weighted by Crippen LogP contribution is -2.26. The smallest absolute Gasteiger partial charge is 0.134 e. The Bertz CT molecular complexity index is 980. The maximum atomic E-state index is 15.2. The predicted molar refractivity (Wildman–Crippen MR) is 132 cm³/mol. The van der Waals surface area contributed by atoms with Gasteiger partial charge in [0, 0.05) is 29.2 Å². The monoisotopic (exact) mass is 438 g/mol. The van der Waals surface area contributed by atoms with E-state index in [-0.39, 0.29) is 5.82 Å². The molecule has 1 aromatic heterocycles. The molecule has 0 bridgehead atoms. The molecule has 3 rings (SSSR count). The molecular formula is C28H35FOS. The van der Waals surface area contributed by atoms with Crippen LogP contribution in [0, 0.1) is 11.2 Å². The molecule has 0 amide bonds. The second kappa shape index (κ2) is 10.6. The van der Waals surface area contributed by atoms with Crippen molar-refractivity contribution in [3.63, 3.8) is 0 Å². The third kappa shape index (κ3) is 5.47. The molecule has 0 aliphatic carbocycles. The Balaban J connectivity index is 1.87. The summed E-state index contributed by atoms with van der Waals surface area (Å²) in [5.74, 6) is -0.154. The molecule has 0 radical (unpaired) electrons. The summed E-state index contributed by atoms with van der Waals surface area (Å²) in [6, 6.07) is 7.81. The molecule has 3 heteroatoms. The molecule has 2 heterocycles. The number of aryl methyl sites for hydroxylation is 2. The quantitative estimate of drug-likeness (QED) is 0.298. The first-order valence-electron chi connectivity index (χ1n) is 11.4. The van der Waals surface area contributed by atoms with Crippen LogP contribution < -0.4 is 0 Å². The molecule has 0 N–H and O–H groups in total. The molecule has 166 valence electrons. The zero-order valence-corrected chi connectivity index (χ0v) is 20.3. The van der Waals surface area contributed by atoms with Gasteiger partial charge in [0.2, 0.25) is 0 Å². The van der Waals surface area contributed by atoms with Gasteiger partial charge in [-0.3, -0.25) is 0 Å². The molecule has 0 atom stereocenters. The maximum absolute atomic E-state index is 15.2. The van der Waals surface area contributed by atoms with Crippen molar-refractivity contribution < 1.29 is 9.13 Å². The van der Waals surface area contributed by atoms with E-state index in [4.69, 9.17) is 4.74 Å². The third-order valence-electron chi connectivity index (χ3n) is 6.55. The van der Waals surface area contributed by atoms with Gasteiger partial charge in [0.15, 0.2) is 0 Å². The van der Waals surface area contributed by atoms with Crippen LogP contribution in [-0.4, -0.2) is 13.2 Å². The average molecular weight is 439 g/mol. The summed E-state index contributed by atoms with van der Waals surface area (Å²) in [6.45, 7) is 14.3. The van der Waals surface area contributed by atoms with E-state index in [0.717, 1.165) is 61.2 Å². The molecule has 1 fully saturated rings. The minimum Gasteiger partial charge on any atom is -0.381 e. The fraction of sp³-hybridized carbons (Fsp3) is 0.464. The summed E-state index contributed by atoms with van der Waals surface area (Å²) in [7, 11) is 0. The van der Waals surface area contributed by atoms with Crippen LogP contribution in [0.2, 0.25) is 0 Å². The van der Waals surface area contributed by atoms with Crippen molar-refractivity contribution in [1.82, 2.24) is 0 Å². The van der Waals surface area contributed by atoms with Crippen molar-refractivity contribution in [3.8, 4) is 0 Å². The van der Waals surface area contributed by atoms with Gasteiger partial charge in [0.05, 0.1) is 0 Å². The summed E-state index contributed by atoms with van der Waals surface area (Å²) in [6.07, 6.45) is 6.39. The Morgan fingerprint density at radius 2 is 1.94 bits per heavy atom. The number of hydrogen-bond acceptors (Lipinski definition) is 2. The second-order valence-corrected chi connectivity index (χ2v) is 10.1. The Hall–Kier alpha value is -1.93. The van der Waals surface area contributed by atoms with Crippen LogP contribution in [0.1, 0.15) is 74.9 Å². The third-order valence-corrected chi connectivity index (χ3v) is 7.54. The molecule has 0 spiro atoms. The van der Waals surface area contributed by atoms with Crippen molar-refractivity contribution in [2.24, 2.45) is 5.41 Å². The van der Waals surface area contributed by atoms with Gasteiger partial charge in [-0.2, -0.15) is 0 Å². The number of halogens is 1. The molecule has 1 aliphatic heterocycles. The Labute approximate surface area is 191 Å². The zero-order chi connectivity index (χ0) is 22.4. The lowest BCUT2D eigenvalue weighted by Gasteiger charge is -2.33. The Morgan fingerprint density at radius 1 is 1.19 bits per heavy atom. The van der Waals surface area contributed by atoms with E-state index in [1.165, 1.54) is 16.9 Å². The highest BCUT2D eigenvalue weighted by Gasteiger charge is 2.27. The van der Waals surface area contributed by atoms with E-state index in [1.807, 2.05) is 25.1 Å². The zero-order valence-electron chi connectivity index (χ0n) is 19.4. The lowest BCUT2D eigenvalue weighted by atomic mass is 9.78. The first kappa shape index (κ1) is 23.7. The minimum atomic E-state index is -0.154. The standard InChI is InChI=1S/C28H35FOS/c1-6-21-10-8-11-23(27(21)29)22(7-2)26(20(3)4)24-13-19-31-25(24)12-9-14-28(5)15-17-30-18-16-28/h8,10-11,13,19H,2,6,9,12,14-18H2,1,3-5H3. The van der Waals surface area contributed by atoms with Gasteiger partial charge in [-0.1, -0.05) is 44.2 Å². The number of hydrogen-bond donors (Lipinski definition) is 0. The first-order chi connectivity index (χ1) is 14.9. The van der Waals surface area contributed by atoms with E-state index in [1.54, 1.807) is 11.3 Å². The molecule has 1 nitrogen and oxygen atoms in total. The Morgan fingerprint density at radius 3 is 2.58 bits per heavy atom. The van der Waals surface area contributed by atoms with E-state index in [9.17, 15) is 0 Å². The topological polar surface area (TPSA) is 9.23 Å². The van der Waals surface area contributed by atoms with Crippen LogP contribution in [0.3, 0.4) is 0 Å². The summed E-state index contributed by atoms with van der Waals surface area (Å²) in [5, 5.41) is 2.16. The molecule has 2 aromatic rings. The number of rotatable bonds is 8. The van der Waals surface area contributed by atoms with Crippen molar-refractivity contribution >= 4 is 22.5 Å². The normalized spacial score (nSPS) is 15.4. The summed E-state index contributed by atoms with van der Waals surface area (Å²) >= 11 is 1.80. The number of ether oxygens (including phenoxy) is 1. The summed E-state index contributed by atoms with van der Waals surface area (Å²) < 4.78 is 20.8. The number of benzene rings is 1. The largest absolute Gasteiger partial charge is 0.381 e. The molecule has 1 saturated heterocycles. The van der Waals surface area contributed by atoms with E-state index >= 15 is 4.39 Å². The van der Waals surface area contributed by atoms with Crippen LogP contribution >= 0.6 is 11.3 Å². The van der Waals surface area contributed by atoms with Crippen LogP contribution in [-0.2, 0) is 17.6 Å². The summed E-state index contributed by atoms with van der Waals surface area (Å²) in [5.41, 5.74) is 8.99. The van der Waals surface area contributed by atoms with Gasteiger partial charge < -0.3 is 4.74 Å². The summed E-state index contributed by atoms with van der Waals surface area (Å²) in [4.78, 5) is 1.37. The molecule has 1 aliphatic rings. The fourth-order valence-electron chi connectivity index (χ4n) is 4.57. The highest BCUT2D eigenvalue weighted by Crippen LogP contribution is 2.40. The van der Waals surface area contributed by atoms with Crippen LogP contribution in [0.25, 0.3) is 11.1 Å². The molecule has 31 heavy (non-hydrogen) atoms. The lowest BCUT2D eigenvalue weighted by molar-refractivity contribution is 0.0189. The van der Waals surface area contributed by atoms with Crippen molar-refractivity contribution in [3.05, 3.63) is 74.9 Å². The van der Waals surface area contributed by atoms with Gasteiger partial charge in [0.25, 0.3) is 0 Å². The van der Waals surface area contributed by atoms with E-state index in [2.05, 4.69) is 44.5 Å². The van der Waals surface area contributed by atoms with Gasteiger partial charge in [0.1, 0.15) is 5.82 Å². The Kier molecular flexibility index (Phi) is 8.11. The van der Waals surface area contributed by atoms with Crippen molar-refractivity contribution in [2.45, 2.75) is 66.2 Å². The SMILES string of the molecule is C=C=C(C(=C(C)C)c1ccsc1CCCC1(C)CCOCC1)c1cccc(CC)c1F. The van der Waals surface area contributed by atoms with Gasteiger partial charge >= 0.3 is 0 Å². The van der Waals surface area contributed by atoms with E-state index < -0.39 is 0 Å². The number of thiophene rings is 1.